The standard InChI is InChI=1S/C8H12ClN3OS/c9-7-11-8(14-12-7)10-5-3-1-2-4-6(5)13/h5-6,13H,1-4H2,(H,10,11,12). The van der Waals surface area contributed by atoms with Gasteiger partial charge in [-0.15, -0.1) is 0 Å². The molecular weight excluding hydrogens is 222 g/mol. The number of nitrogens with one attached hydrogen (secondary N) is 1. The maximum Gasteiger partial charge on any atom is 0.236 e. The molecule has 78 valence electrons. The van der Waals surface area contributed by atoms with Gasteiger partial charge in [-0.25, -0.2) is 0 Å². The number of aliphatic hydroxyl groups excluding tert-OH is 1. The molecule has 2 N–H and O–H groups in total. The Morgan fingerprint density at radius 3 is 2.86 bits per heavy atom. The van der Waals surface area contributed by atoms with Gasteiger partial charge in [0.25, 0.3) is 0 Å². The molecule has 0 amide bonds. The Labute approximate surface area is 91.5 Å². The lowest BCUT2D eigenvalue weighted by Crippen LogP contribution is -2.36. The summed E-state index contributed by atoms with van der Waals surface area (Å²) < 4.78 is 3.86. The average molecular weight is 234 g/mol. The number of halogens is 1. The molecule has 1 saturated carbocycles. The predicted octanol–water partition coefficient (Wildman–Crippen LogP) is 1.91. The third-order valence-corrected chi connectivity index (χ3v) is 3.36. The minimum Gasteiger partial charge on any atom is -0.391 e. The molecule has 0 saturated heterocycles. The number of aromatic nitrogens is 2. The molecule has 14 heavy (non-hydrogen) atoms. The molecule has 1 aliphatic rings. The Bertz CT molecular complexity index is 307. The van der Waals surface area contributed by atoms with Crippen molar-refractivity contribution in [2.75, 3.05) is 5.32 Å². The van der Waals surface area contributed by atoms with Gasteiger partial charge in [0.1, 0.15) is 0 Å². The van der Waals surface area contributed by atoms with Crippen LogP contribution in [-0.4, -0.2) is 26.6 Å². The molecule has 1 heterocycles. The first-order valence-electron chi connectivity index (χ1n) is 4.69. The van der Waals surface area contributed by atoms with Gasteiger partial charge in [-0.05, 0) is 24.4 Å². The fourth-order valence-corrected chi connectivity index (χ4v) is 2.47. The smallest absolute Gasteiger partial charge is 0.236 e. The van der Waals surface area contributed by atoms with Gasteiger partial charge < -0.3 is 10.4 Å². The highest BCUT2D eigenvalue weighted by molar-refractivity contribution is 7.09. The molecule has 0 aliphatic heterocycles. The zero-order valence-electron chi connectivity index (χ0n) is 7.61. The number of aliphatic hydroxyl groups is 1. The molecule has 2 rings (SSSR count). The first kappa shape index (κ1) is 10.1. The van der Waals surface area contributed by atoms with Crippen molar-refractivity contribution in [2.45, 2.75) is 37.8 Å². The van der Waals surface area contributed by atoms with E-state index in [-0.39, 0.29) is 17.4 Å². The van der Waals surface area contributed by atoms with Gasteiger partial charge in [0.2, 0.25) is 10.4 Å². The maximum absolute atomic E-state index is 9.70. The summed E-state index contributed by atoms with van der Waals surface area (Å²) in [5.41, 5.74) is 0. The van der Waals surface area contributed by atoms with Gasteiger partial charge in [-0.3, -0.25) is 0 Å². The molecule has 1 aliphatic carbocycles. The van der Waals surface area contributed by atoms with E-state index in [2.05, 4.69) is 14.7 Å². The molecule has 1 aromatic heterocycles. The number of anilines is 1. The van der Waals surface area contributed by atoms with Crippen LogP contribution in [0, 0.1) is 0 Å². The summed E-state index contributed by atoms with van der Waals surface area (Å²) in [6, 6.07) is 0.104. The van der Waals surface area contributed by atoms with Crippen LogP contribution in [0.15, 0.2) is 0 Å². The van der Waals surface area contributed by atoms with Crippen molar-refractivity contribution in [3.05, 3.63) is 5.28 Å². The van der Waals surface area contributed by atoms with Gasteiger partial charge in [0.05, 0.1) is 12.1 Å². The van der Waals surface area contributed by atoms with Crippen molar-refractivity contribution < 1.29 is 5.11 Å². The molecule has 0 radical (unpaired) electrons. The van der Waals surface area contributed by atoms with Gasteiger partial charge in [0.15, 0.2) is 0 Å². The van der Waals surface area contributed by atoms with Crippen molar-refractivity contribution in [3.63, 3.8) is 0 Å². The lowest BCUT2D eigenvalue weighted by Gasteiger charge is -2.27. The number of rotatable bonds is 2. The van der Waals surface area contributed by atoms with Crippen LogP contribution in [0.3, 0.4) is 0 Å². The maximum atomic E-state index is 9.70. The second-order valence-electron chi connectivity index (χ2n) is 3.47. The second kappa shape index (κ2) is 4.42. The monoisotopic (exact) mass is 233 g/mol. The van der Waals surface area contributed by atoms with Crippen LogP contribution in [0.2, 0.25) is 5.28 Å². The zero-order valence-corrected chi connectivity index (χ0v) is 9.18. The largest absolute Gasteiger partial charge is 0.391 e. The van der Waals surface area contributed by atoms with E-state index in [1.54, 1.807) is 0 Å². The van der Waals surface area contributed by atoms with Gasteiger partial charge in [-0.2, -0.15) is 9.36 Å². The molecule has 0 aromatic carbocycles. The van der Waals surface area contributed by atoms with Gasteiger partial charge >= 0.3 is 0 Å². The van der Waals surface area contributed by atoms with Crippen LogP contribution in [0.1, 0.15) is 25.7 Å². The Balaban J connectivity index is 1.95. The van der Waals surface area contributed by atoms with E-state index in [4.69, 9.17) is 11.6 Å². The molecule has 0 spiro atoms. The minimum atomic E-state index is -0.272. The molecule has 2 atom stereocenters. The van der Waals surface area contributed by atoms with Crippen LogP contribution in [0.4, 0.5) is 5.13 Å². The molecule has 0 bridgehead atoms. The summed E-state index contributed by atoms with van der Waals surface area (Å²) in [5, 5.41) is 13.8. The van der Waals surface area contributed by atoms with E-state index in [0.717, 1.165) is 25.7 Å². The Morgan fingerprint density at radius 2 is 2.21 bits per heavy atom. The Kier molecular flexibility index (Phi) is 3.20. The van der Waals surface area contributed by atoms with Crippen LogP contribution in [0.5, 0.6) is 0 Å². The quantitative estimate of drug-likeness (QED) is 0.819. The highest BCUT2D eigenvalue weighted by Crippen LogP contribution is 2.23. The number of nitrogens with zero attached hydrogens (tertiary/aromatic N) is 2. The van der Waals surface area contributed by atoms with E-state index >= 15 is 0 Å². The lowest BCUT2D eigenvalue weighted by molar-refractivity contribution is 0.116. The third-order valence-electron chi connectivity index (χ3n) is 2.44. The van der Waals surface area contributed by atoms with E-state index in [1.165, 1.54) is 11.5 Å². The summed E-state index contributed by atoms with van der Waals surface area (Å²) >= 11 is 6.83. The van der Waals surface area contributed by atoms with E-state index in [0.29, 0.717) is 5.13 Å². The first-order chi connectivity index (χ1) is 6.75. The Morgan fingerprint density at radius 1 is 1.43 bits per heavy atom. The molecule has 1 aromatic rings. The minimum absolute atomic E-state index is 0.104. The molecule has 6 heteroatoms. The van der Waals surface area contributed by atoms with Crippen molar-refractivity contribution in [1.29, 1.82) is 0 Å². The fourth-order valence-electron chi connectivity index (χ4n) is 1.70. The summed E-state index contributed by atoms with van der Waals surface area (Å²) in [6.07, 6.45) is 3.84. The molecule has 1 fully saturated rings. The SMILES string of the molecule is OC1CCCCC1Nc1nc(Cl)ns1. The van der Waals surface area contributed by atoms with Crippen molar-refractivity contribution in [3.8, 4) is 0 Å². The number of hydrogen-bond donors (Lipinski definition) is 2. The van der Waals surface area contributed by atoms with Crippen molar-refractivity contribution >= 4 is 28.3 Å². The topological polar surface area (TPSA) is 58.0 Å². The lowest BCUT2D eigenvalue weighted by atomic mass is 9.93. The highest BCUT2D eigenvalue weighted by Gasteiger charge is 2.23. The normalized spacial score (nSPS) is 27.6. The van der Waals surface area contributed by atoms with Crippen LogP contribution < -0.4 is 5.32 Å². The number of hydrogen-bond acceptors (Lipinski definition) is 5. The predicted molar refractivity (Wildman–Crippen MR) is 56.8 cm³/mol. The van der Waals surface area contributed by atoms with Crippen LogP contribution in [-0.2, 0) is 0 Å². The highest BCUT2D eigenvalue weighted by atomic mass is 35.5. The van der Waals surface area contributed by atoms with Crippen LogP contribution in [0.25, 0.3) is 0 Å². The van der Waals surface area contributed by atoms with E-state index in [1.807, 2.05) is 0 Å². The summed E-state index contributed by atoms with van der Waals surface area (Å²) in [4.78, 5) is 3.99. The van der Waals surface area contributed by atoms with Crippen molar-refractivity contribution in [2.24, 2.45) is 0 Å². The fraction of sp³-hybridized carbons (Fsp3) is 0.750. The summed E-state index contributed by atoms with van der Waals surface area (Å²) in [6.45, 7) is 0. The molecule has 4 nitrogen and oxygen atoms in total. The molecular formula is C8H12ClN3OS. The average Bonchev–Trinajstić information content (AvgIpc) is 2.56. The Hall–Kier alpha value is -0.390. The second-order valence-corrected chi connectivity index (χ2v) is 4.56. The summed E-state index contributed by atoms with van der Waals surface area (Å²) in [5.74, 6) is 0. The van der Waals surface area contributed by atoms with Gasteiger partial charge in [0, 0.05) is 11.5 Å². The summed E-state index contributed by atoms with van der Waals surface area (Å²) in [7, 11) is 0. The van der Waals surface area contributed by atoms with Crippen molar-refractivity contribution in [1.82, 2.24) is 9.36 Å². The third kappa shape index (κ3) is 2.34. The van der Waals surface area contributed by atoms with Gasteiger partial charge in [-0.1, -0.05) is 12.8 Å². The zero-order chi connectivity index (χ0) is 9.97. The van der Waals surface area contributed by atoms with E-state index in [9.17, 15) is 5.11 Å². The van der Waals surface area contributed by atoms with Crippen LogP contribution >= 0.6 is 23.1 Å². The first-order valence-corrected chi connectivity index (χ1v) is 5.84. The molecule has 2 unspecified atom stereocenters. The van der Waals surface area contributed by atoms with E-state index < -0.39 is 0 Å².